The van der Waals surface area contributed by atoms with Crippen LogP contribution in [0, 0.1) is 0 Å². The molecule has 5 rings (SSSR count). The average molecular weight is 462 g/mol. The van der Waals surface area contributed by atoms with E-state index in [1.165, 1.54) is 0 Å². The molecule has 1 aliphatic heterocycles. The number of rotatable bonds is 7. The molecular weight excluding hydrogens is 440 g/mol. The molecule has 2 amide bonds. The van der Waals surface area contributed by atoms with Crippen molar-refractivity contribution in [3.05, 3.63) is 78.4 Å². The number of nitrogens with zero attached hydrogens (tertiary/aromatic N) is 3. The fourth-order valence-corrected chi connectivity index (χ4v) is 4.21. The van der Waals surface area contributed by atoms with Crippen LogP contribution in [0.4, 0.5) is 4.79 Å². The topological polar surface area (TPSA) is 95.3 Å². The zero-order valence-corrected chi connectivity index (χ0v) is 18.5. The minimum Gasteiger partial charge on any atom is -0.486 e. The van der Waals surface area contributed by atoms with E-state index >= 15 is 0 Å². The number of amides is 2. The molecule has 0 radical (unpaired) electrons. The van der Waals surface area contributed by atoms with Gasteiger partial charge in [-0.05, 0) is 48.4 Å². The van der Waals surface area contributed by atoms with Gasteiger partial charge in [0.15, 0.2) is 0 Å². The Labute approximate surface area is 195 Å². The molecule has 2 aromatic carbocycles. The summed E-state index contributed by atoms with van der Waals surface area (Å²) in [5.41, 5.74) is 2.51. The number of benzene rings is 2. The molecule has 0 spiro atoms. The number of nitrogens with one attached hydrogen (secondary N) is 1. The molecule has 1 unspecified atom stereocenters. The number of ether oxygens (including phenoxy) is 2. The summed E-state index contributed by atoms with van der Waals surface area (Å²) in [5, 5.41) is 0.139. The molecule has 0 saturated carbocycles. The molecule has 1 N–H and O–H groups in total. The van der Waals surface area contributed by atoms with Crippen LogP contribution in [-0.4, -0.2) is 30.9 Å². The fraction of sp³-hybridized carbons (Fsp3) is 0.167. The van der Waals surface area contributed by atoms with Crippen molar-refractivity contribution in [1.82, 2.24) is 19.9 Å². The highest BCUT2D eigenvalue weighted by Crippen LogP contribution is 2.27. The summed E-state index contributed by atoms with van der Waals surface area (Å²) in [7, 11) is 1.92. The van der Waals surface area contributed by atoms with Crippen molar-refractivity contribution in [2.24, 2.45) is 7.05 Å². The minimum atomic E-state index is -1.54. The molecule has 8 nitrogen and oxygen atoms in total. The zero-order valence-electron chi connectivity index (χ0n) is 18.6. The van der Waals surface area contributed by atoms with Crippen LogP contribution in [0.5, 0.6) is 17.2 Å². The number of carbonyl (C=O) groups excluding carboxylic acids is 2. The maximum absolute atomic E-state index is 11.9. The van der Waals surface area contributed by atoms with Gasteiger partial charge in [-0.25, -0.2) is 4.98 Å². The Morgan fingerprint density at radius 1 is 1.12 bits per heavy atom. The van der Waals surface area contributed by atoms with E-state index in [1.54, 1.807) is 36.7 Å². The smallest absolute Gasteiger partial charge is 0.286 e. The largest absolute Gasteiger partial charge is 0.486 e. The Balaban J connectivity index is 1.25. The van der Waals surface area contributed by atoms with Crippen LogP contribution in [0.3, 0.4) is 0 Å². The van der Waals surface area contributed by atoms with E-state index in [0.29, 0.717) is 29.0 Å². The summed E-state index contributed by atoms with van der Waals surface area (Å²) in [6.45, 7) is 0.262. The highest BCUT2D eigenvalue weighted by molar-refractivity contribution is 8.15. The van der Waals surface area contributed by atoms with Crippen LogP contribution in [0.15, 0.2) is 67.0 Å². The van der Waals surface area contributed by atoms with Gasteiger partial charge in [0, 0.05) is 19.3 Å². The van der Waals surface area contributed by atoms with Crippen molar-refractivity contribution in [2.45, 2.75) is 18.3 Å². The van der Waals surface area contributed by atoms with Gasteiger partial charge in [-0.2, -0.15) is 0 Å². The predicted molar refractivity (Wildman–Crippen MR) is 124 cm³/mol. The van der Waals surface area contributed by atoms with Gasteiger partial charge < -0.3 is 14.0 Å². The number of imide groups is 1. The number of thioether (sulfide) groups is 1. The SMILES string of the molecule is [2H]C1(Cc2ccc(OCc3nc4ccc(Oc5cccnc5)cc4n3C)cc2)SC(=O)NC1=O. The number of aromatic nitrogens is 3. The fourth-order valence-electron chi connectivity index (χ4n) is 3.45. The molecule has 1 fully saturated rings. The van der Waals surface area contributed by atoms with Crippen molar-refractivity contribution in [1.29, 1.82) is 0 Å². The van der Waals surface area contributed by atoms with Crippen molar-refractivity contribution < 1.29 is 20.4 Å². The number of imidazole rings is 1. The lowest BCUT2D eigenvalue weighted by Crippen LogP contribution is -2.25. The van der Waals surface area contributed by atoms with Gasteiger partial charge >= 0.3 is 0 Å². The van der Waals surface area contributed by atoms with Crippen LogP contribution in [-0.2, 0) is 24.9 Å². The Hall–Kier alpha value is -3.85. The maximum Gasteiger partial charge on any atom is 0.286 e. The molecular formula is C24H20N4O4S. The first-order valence-electron chi connectivity index (χ1n) is 10.7. The number of aryl methyl sites for hydroxylation is 1. The van der Waals surface area contributed by atoms with Gasteiger partial charge in [-0.3, -0.25) is 19.9 Å². The van der Waals surface area contributed by atoms with Crippen molar-refractivity contribution in [3.63, 3.8) is 0 Å². The van der Waals surface area contributed by atoms with Gasteiger partial charge in [0.05, 0.1) is 23.8 Å². The van der Waals surface area contributed by atoms with E-state index in [2.05, 4.69) is 15.3 Å². The third-order valence-electron chi connectivity index (χ3n) is 5.16. The van der Waals surface area contributed by atoms with E-state index < -0.39 is 16.4 Å². The Morgan fingerprint density at radius 3 is 2.67 bits per heavy atom. The van der Waals surface area contributed by atoms with E-state index in [-0.39, 0.29) is 13.0 Å². The second-order valence-corrected chi connectivity index (χ2v) is 8.47. The van der Waals surface area contributed by atoms with Crippen molar-refractivity contribution >= 4 is 33.9 Å². The lowest BCUT2D eigenvalue weighted by Gasteiger charge is -2.09. The van der Waals surface area contributed by atoms with Gasteiger partial charge in [-0.1, -0.05) is 23.9 Å². The Kier molecular flexibility index (Phi) is 5.37. The predicted octanol–water partition coefficient (Wildman–Crippen LogP) is 4.23. The van der Waals surface area contributed by atoms with E-state index in [4.69, 9.17) is 10.8 Å². The van der Waals surface area contributed by atoms with Gasteiger partial charge in [0.2, 0.25) is 5.91 Å². The molecule has 0 aliphatic carbocycles. The van der Waals surface area contributed by atoms with E-state index in [0.717, 1.165) is 22.4 Å². The number of hydrogen-bond acceptors (Lipinski definition) is 7. The lowest BCUT2D eigenvalue weighted by atomic mass is 10.1. The monoisotopic (exact) mass is 461 g/mol. The third-order valence-corrected chi connectivity index (χ3v) is 6.02. The number of fused-ring (bicyclic) bond motifs is 1. The average Bonchev–Trinajstić information content (AvgIpc) is 3.27. The van der Waals surface area contributed by atoms with Crippen LogP contribution in [0.1, 0.15) is 12.8 Å². The first-order chi connectivity index (χ1) is 16.4. The lowest BCUT2D eigenvalue weighted by molar-refractivity contribution is -0.118. The number of hydrogen-bond donors (Lipinski definition) is 1. The van der Waals surface area contributed by atoms with E-state index in [9.17, 15) is 9.59 Å². The van der Waals surface area contributed by atoms with Crippen LogP contribution in [0.25, 0.3) is 11.0 Å². The summed E-state index contributed by atoms with van der Waals surface area (Å²) in [5.74, 6) is 2.15. The summed E-state index contributed by atoms with van der Waals surface area (Å²) in [6, 6.07) is 16.5. The van der Waals surface area contributed by atoms with Crippen LogP contribution >= 0.6 is 11.8 Å². The Morgan fingerprint density at radius 2 is 1.94 bits per heavy atom. The molecule has 4 aromatic rings. The van der Waals surface area contributed by atoms with Crippen LogP contribution < -0.4 is 14.8 Å². The molecule has 33 heavy (non-hydrogen) atoms. The van der Waals surface area contributed by atoms with E-state index in [1.807, 2.05) is 41.9 Å². The molecule has 1 atom stereocenters. The second kappa shape index (κ2) is 8.95. The molecule has 3 heterocycles. The van der Waals surface area contributed by atoms with Gasteiger partial charge in [0.25, 0.3) is 5.24 Å². The van der Waals surface area contributed by atoms with Gasteiger partial charge in [0.1, 0.15) is 29.7 Å². The third kappa shape index (κ3) is 4.68. The Bertz CT molecular complexity index is 1380. The quantitative estimate of drug-likeness (QED) is 0.440. The normalized spacial score (nSPS) is 18.3. The number of pyridine rings is 1. The van der Waals surface area contributed by atoms with Crippen molar-refractivity contribution in [3.8, 4) is 17.2 Å². The molecule has 1 saturated heterocycles. The maximum atomic E-state index is 11.9. The summed E-state index contributed by atoms with van der Waals surface area (Å²) in [4.78, 5) is 32.0. The summed E-state index contributed by atoms with van der Waals surface area (Å²) in [6.07, 6.45) is 3.48. The highest BCUT2D eigenvalue weighted by atomic mass is 32.2. The zero-order chi connectivity index (χ0) is 23.7. The highest BCUT2D eigenvalue weighted by Gasteiger charge is 2.31. The molecule has 9 heteroatoms. The standard InChI is InChI=1S/C24H20N4O4S/c1-28-20-12-17(32-18-3-2-10-25-13-18)8-9-19(20)26-22(28)14-31-16-6-4-15(5-7-16)11-21-23(29)27-24(30)33-21/h2-10,12-13,21H,11,14H2,1H3,(H,27,29,30)/i21D. The van der Waals surface area contributed by atoms with Crippen molar-refractivity contribution in [2.75, 3.05) is 0 Å². The van der Waals surface area contributed by atoms with Gasteiger partial charge in [-0.15, -0.1) is 0 Å². The molecule has 2 aromatic heterocycles. The van der Waals surface area contributed by atoms with Crippen LogP contribution in [0.2, 0.25) is 0 Å². The summed E-state index contributed by atoms with van der Waals surface area (Å²) >= 11 is 0.700. The molecule has 0 bridgehead atoms. The first kappa shape index (κ1) is 19.8. The second-order valence-electron chi connectivity index (χ2n) is 7.40. The molecule has 166 valence electrons. The molecule has 1 aliphatic rings. The minimum absolute atomic E-state index is 0.129. The number of carbonyl (C=O) groups is 2. The summed E-state index contributed by atoms with van der Waals surface area (Å²) < 4.78 is 22.0. The first-order valence-corrected chi connectivity index (χ1v) is 11.0.